The van der Waals surface area contributed by atoms with E-state index in [1.54, 1.807) is 34.0 Å². The predicted molar refractivity (Wildman–Crippen MR) is 401 cm³/mol. The molecule has 0 spiro atoms. The molecule has 0 aliphatic carbocycles. The van der Waals surface area contributed by atoms with Gasteiger partial charge in [-0.15, -0.1) is 34.0 Å². The Morgan fingerprint density at radius 1 is 0.275 bits per heavy atom. The molecule has 6 rings (SSSR count). The van der Waals surface area contributed by atoms with E-state index in [0.717, 1.165) is 79.4 Å². The molecular weight excluding hydrogens is 1180 g/mol. The van der Waals surface area contributed by atoms with Gasteiger partial charge in [-0.2, -0.15) is 0 Å². The number of hydrogen-bond donors (Lipinski definition) is 0. The smallest absolute Gasteiger partial charge is 0.172 e. The lowest BCUT2D eigenvalue weighted by atomic mass is 9.71. The minimum Gasteiger partial charge on any atom is -0.482 e. The molecule has 0 amide bonds. The van der Waals surface area contributed by atoms with E-state index in [0.29, 0.717) is 0 Å². The Balaban J connectivity index is 0.000000325. The van der Waals surface area contributed by atoms with E-state index >= 15 is 0 Å². The van der Waals surface area contributed by atoms with Crippen molar-refractivity contribution in [3.8, 4) is 34.5 Å². The molecule has 0 bridgehead atoms. The van der Waals surface area contributed by atoms with E-state index in [9.17, 15) is 0 Å². The minimum absolute atomic E-state index is 0.131. The molecule has 3 aromatic rings. The molecule has 0 N–H and O–H groups in total. The van der Waals surface area contributed by atoms with Gasteiger partial charge >= 0.3 is 0 Å². The minimum atomic E-state index is -0.191. The maximum atomic E-state index is 6.98. The van der Waals surface area contributed by atoms with Crippen molar-refractivity contribution in [2.75, 3.05) is 0 Å². The van der Waals surface area contributed by atoms with Crippen LogP contribution in [-0.2, 0) is 0 Å². The number of ether oxygens (including phenoxy) is 6. The molecule has 3 aliphatic rings. The van der Waals surface area contributed by atoms with Crippen molar-refractivity contribution in [1.29, 1.82) is 0 Å². The van der Waals surface area contributed by atoms with Crippen LogP contribution >= 0.6 is 34.0 Å². The zero-order valence-electron chi connectivity index (χ0n) is 61.3. The Bertz CT molecular complexity index is 1990. The summed E-state index contributed by atoms with van der Waals surface area (Å²) in [6, 6.07) is 0. The SMILES string of the molecule is CCCCCCC1(C)Oc2cscc2OC1C.CCCCCCCCCCC1Oc2cscc2OC1CCCCCCCCCC.CCCCCCCCCCCCCCCCC1(CC)Oc2cscc2OC1(CC)CCCCCCCCCCCCCCCC. The average Bonchev–Trinajstić information content (AvgIpc) is 1.72. The van der Waals surface area contributed by atoms with E-state index in [2.05, 4.69) is 83.8 Å². The van der Waals surface area contributed by atoms with Crippen molar-refractivity contribution in [2.45, 2.75) is 451 Å². The van der Waals surface area contributed by atoms with Crippen LogP contribution < -0.4 is 28.4 Å². The molecule has 0 saturated heterocycles. The van der Waals surface area contributed by atoms with Gasteiger partial charge in [0.1, 0.15) is 35.1 Å². The zero-order valence-corrected chi connectivity index (χ0v) is 63.7. The largest absolute Gasteiger partial charge is 0.482 e. The van der Waals surface area contributed by atoms with Gasteiger partial charge in [0.15, 0.2) is 34.5 Å². The molecule has 6 atom stereocenters. The third-order valence-corrected chi connectivity index (χ3v) is 23.0. The molecule has 0 saturated carbocycles. The molecule has 6 unspecified atom stereocenters. The van der Waals surface area contributed by atoms with Crippen molar-refractivity contribution in [3.63, 3.8) is 0 Å². The average molecular weight is 1320 g/mol. The fourth-order valence-corrected chi connectivity index (χ4v) is 16.5. The van der Waals surface area contributed by atoms with Crippen molar-refractivity contribution in [1.82, 2.24) is 0 Å². The highest BCUT2D eigenvalue weighted by Crippen LogP contribution is 2.52. The second-order valence-corrected chi connectivity index (χ2v) is 30.9. The molecule has 0 aromatic carbocycles. The maximum absolute atomic E-state index is 6.98. The first kappa shape index (κ1) is 81.3. The van der Waals surface area contributed by atoms with Crippen LogP contribution in [0, 0.1) is 0 Å². The summed E-state index contributed by atoms with van der Waals surface area (Å²) in [5.41, 5.74) is -0.547. The Labute approximate surface area is 576 Å². The molecule has 0 radical (unpaired) electrons. The van der Waals surface area contributed by atoms with Gasteiger partial charge in [-0.25, -0.2) is 0 Å². The second-order valence-electron chi connectivity index (χ2n) is 28.7. The van der Waals surface area contributed by atoms with E-state index < -0.39 is 0 Å². The van der Waals surface area contributed by atoms with Crippen molar-refractivity contribution in [3.05, 3.63) is 32.3 Å². The predicted octanol–water partition coefficient (Wildman–Crippen LogP) is 29.5. The normalized spacial score (nSPS) is 20.5. The van der Waals surface area contributed by atoms with E-state index in [-0.39, 0.29) is 35.1 Å². The summed E-state index contributed by atoms with van der Waals surface area (Å²) in [5, 5.41) is 12.6. The summed E-state index contributed by atoms with van der Waals surface area (Å²) in [4.78, 5) is 0. The van der Waals surface area contributed by atoms with Crippen LogP contribution in [0.5, 0.6) is 34.5 Å². The monoisotopic (exact) mass is 1320 g/mol. The fourth-order valence-electron chi connectivity index (χ4n) is 14.6. The zero-order chi connectivity index (χ0) is 65.2. The lowest BCUT2D eigenvalue weighted by Crippen LogP contribution is -2.62. The molecule has 6 heterocycles. The maximum Gasteiger partial charge on any atom is 0.172 e. The number of hydrogen-bond acceptors (Lipinski definition) is 9. The second kappa shape index (κ2) is 52.1. The Morgan fingerprint density at radius 2 is 0.505 bits per heavy atom. The first-order valence-electron chi connectivity index (χ1n) is 39.9. The molecule has 3 aromatic heterocycles. The van der Waals surface area contributed by atoms with Gasteiger partial charge in [0, 0.05) is 32.3 Å². The van der Waals surface area contributed by atoms with Crippen LogP contribution in [0.4, 0.5) is 0 Å². The van der Waals surface area contributed by atoms with Crippen molar-refractivity contribution in [2.24, 2.45) is 0 Å². The van der Waals surface area contributed by atoms with Crippen LogP contribution in [0.2, 0.25) is 0 Å². The third-order valence-electron chi connectivity index (χ3n) is 20.9. The van der Waals surface area contributed by atoms with E-state index in [1.807, 2.05) is 10.8 Å². The molecule has 91 heavy (non-hydrogen) atoms. The molecule has 3 aliphatic heterocycles. The summed E-state index contributed by atoms with van der Waals surface area (Å²) in [5.74, 6) is 5.78. The topological polar surface area (TPSA) is 55.4 Å². The Hall–Kier alpha value is -2.10. The van der Waals surface area contributed by atoms with Crippen LogP contribution in [0.1, 0.15) is 415 Å². The molecule has 0 fully saturated rings. The van der Waals surface area contributed by atoms with Crippen LogP contribution in [0.15, 0.2) is 32.3 Å². The Morgan fingerprint density at radius 3 is 0.802 bits per heavy atom. The van der Waals surface area contributed by atoms with Crippen LogP contribution in [0.3, 0.4) is 0 Å². The lowest BCUT2D eigenvalue weighted by molar-refractivity contribution is -0.155. The van der Waals surface area contributed by atoms with Crippen molar-refractivity contribution >= 4 is 34.0 Å². The summed E-state index contributed by atoms with van der Waals surface area (Å²) >= 11 is 5.06. The van der Waals surface area contributed by atoms with Gasteiger partial charge in [0.05, 0.1) is 0 Å². The summed E-state index contributed by atoms with van der Waals surface area (Å²) < 4.78 is 38.7. The standard InChI is InChI=1S/C42H78O2S.C26H46O2S.C14H22O2S/c1-5-9-11-13-15-17-19-21-23-25-27-29-31-33-35-41(7-3)42(8-4,44-40-38-45-37-39(40)43-41)36-34-32-30-28-26-24-22-20-18-16-14-12-10-6-2;1-3-5-7-9-11-13-15-17-19-23-24(28-26-22-29-21-25(26)27-23)20-18-16-14-12-10-8-6-4-2;1-4-5-6-7-8-14(3)11(2)15-12-9-17-10-13(12)16-14/h37-38H,5-36H2,1-4H3;21-24H,3-20H2,1-2H3;9-11H,4-8H2,1-3H3. The van der Waals surface area contributed by atoms with E-state index in [1.165, 1.54) is 308 Å². The first-order chi connectivity index (χ1) is 44.7. The highest BCUT2D eigenvalue weighted by Gasteiger charge is 2.56. The highest BCUT2D eigenvalue weighted by molar-refractivity contribution is 7.09. The lowest BCUT2D eigenvalue weighted by Gasteiger charge is -2.52. The Kier molecular flexibility index (Phi) is 46.5. The number of fused-ring (bicyclic) bond motifs is 3. The van der Waals surface area contributed by atoms with Crippen LogP contribution in [0.25, 0.3) is 0 Å². The number of rotatable bonds is 55. The summed E-state index contributed by atoms with van der Waals surface area (Å²) in [7, 11) is 0. The van der Waals surface area contributed by atoms with Gasteiger partial charge in [0.25, 0.3) is 0 Å². The molecule has 9 heteroatoms. The van der Waals surface area contributed by atoms with Crippen LogP contribution in [-0.4, -0.2) is 35.1 Å². The summed E-state index contributed by atoms with van der Waals surface area (Å²) in [6.07, 6.45) is 74.7. The summed E-state index contributed by atoms with van der Waals surface area (Å²) in [6.45, 7) is 20.4. The fraction of sp³-hybridized carbons (Fsp3) is 0.854. The van der Waals surface area contributed by atoms with Crippen molar-refractivity contribution < 1.29 is 28.4 Å². The van der Waals surface area contributed by atoms with Gasteiger partial charge in [-0.05, 0) is 90.9 Å². The molecule has 6 nitrogen and oxygen atoms in total. The van der Waals surface area contributed by atoms with E-state index in [4.69, 9.17) is 28.4 Å². The van der Waals surface area contributed by atoms with Gasteiger partial charge in [0.2, 0.25) is 0 Å². The molecular formula is C82H146O6S3. The quantitative estimate of drug-likeness (QED) is 0.0525. The molecule has 528 valence electrons. The van der Waals surface area contributed by atoms with Gasteiger partial charge in [-0.1, -0.05) is 325 Å². The highest BCUT2D eigenvalue weighted by atomic mass is 32.1. The third kappa shape index (κ3) is 32.7. The number of unbranched alkanes of at least 4 members (excludes halogenated alkanes) is 43. The van der Waals surface area contributed by atoms with Gasteiger partial charge in [-0.3, -0.25) is 0 Å². The van der Waals surface area contributed by atoms with Gasteiger partial charge < -0.3 is 28.4 Å². The number of thiophene rings is 3. The first-order valence-corrected chi connectivity index (χ1v) is 42.8.